The van der Waals surface area contributed by atoms with Crippen LogP contribution in [0.4, 0.5) is 28.4 Å². The summed E-state index contributed by atoms with van der Waals surface area (Å²) in [5.41, 5.74) is 37.2. The first-order valence-corrected chi connectivity index (χ1v) is 56.2. The lowest BCUT2D eigenvalue weighted by Gasteiger charge is -2.48. The minimum absolute atomic E-state index is 0.169. The molecule has 0 spiro atoms. The van der Waals surface area contributed by atoms with E-state index in [0.717, 1.165) is 29.4 Å². The van der Waals surface area contributed by atoms with Crippen LogP contribution in [0.2, 0.25) is 0 Å². The molecule has 0 amide bonds. The van der Waals surface area contributed by atoms with Gasteiger partial charge in [-0.15, -0.1) is 0 Å². The van der Waals surface area contributed by atoms with Crippen LogP contribution in [0.5, 0.6) is 0 Å². The van der Waals surface area contributed by atoms with Gasteiger partial charge < -0.3 is 16.4 Å². The average Bonchev–Trinajstić information content (AvgIpc) is 1.51. The summed E-state index contributed by atoms with van der Waals surface area (Å²) in [7, 11) is 0. The van der Waals surface area contributed by atoms with Gasteiger partial charge in [0.1, 0.15) is 0 Å². The van der Waals surface area contributed by atoms with E-state index in [-0.39, 0.29) is 10.8 Å². The highest BCUT2D eigenvalue weighted by molar-refractivity contribution is 9.10. The smallest absolute Gasteiger partial charge is 0.0443 e. The molecule has 0 aliphatic heterocycles. The number of nitrogens with two attached hydrogens (primary N) is 1. The van der Waals surface area contributed by atoms with Gasteiger partial charge in [-0.3, -0.25) is 0 Å². The second-order valence-corrected chi connectivity index (χ2v) is 45.5. The number of benzene rings is 7. The second kappa shape index (κ2) is 53.3. The molecule has 4 saturated carbocycles. The van der Waals surface area contributed by atoms with E-state index in [1.54, 1.807) is 22.3 Å². The minimum atomic E-state index is 0.169. The number of nitrogen functional groups attached to an aromatic ring is 1. The van der Waals surface area contributed by atoms with E-state index in [0.29, 0.717) is 10.8 Å². The Hall–Kier alpha value is -5.10. The van der Waals surface area contributed by atoms with Crippen LogP contribution in [-0.2, 0) is 21.7 Å². The molecule has 7 aromatic rings. The Kier molecular flexibility index (Phi) is 43.0. The van der Waals surface area contributed by atoms with E-state index in [1.165, 1.54) is 489 Å². The van der Waals surface area contributed by atoms with Crippen molar-refractivity contribution in [3.05, 3.63) is 190 Å². The van der Waals surface area contributed by atoms with Gasteiger partial charge in [-0.05, 0) is 264 Å². The zero-order valence-corrected chi connectivity index (χ0v) is 87.6. The lowest BCUT2D eigenvalue weighted by Crippen LogP contribution is -2.43. The van der Waals surface area contributed by atoms with E-state index in [2.05, 4.69) is 228 Å². The molecule has 0 radical (unpaired) electrons. The topological polar surface area (TPSA) is 50.1 Å². The summed E-state index contributed by atoms with van der Waals surface area (Å²) in [6, 6.07) is 43.3. The number of aryl methyl sites for hydroxylation is 9. The molecule has 706 valence electrons. The molecule has 3 nitrogen and oxygen atoms in total. The van der Waals surface area contributed by atoms with E-state index < -0.39 is 0 Å². The first-order valence-electron chi connectivity index (χ1n) is 54.6. The standard InChI is InChI=1S/C66H98N2.C48H74Br2.C9H13N/c1-9-11-13-15-17-19-21-23-25-27-29-31-33-55-45-65-47-56(34-32-30-28-26-24-22-20-18-16-14-12-10-2)48-66(65,46-55)62-44-58(68-64-53(7)41-50(4)42-54(64)8)36-38-60(62)59-37-35-57(43-61(59)65)67-63-51(5)39-49(3)40-52(63)6;1-3-5-7-9-11-13-15-17-19-21-23-25-27-39-35-47-37-40(28-26-24-22-20-18-16-14-12-10-8-6-4-2)38-48(47,36-39)46-34-42(50)30-32-44(46)43-31-29-41(49)33-45(43)47;1-6-4-7(2)9(10)8(3)5-6/h35-44,55-56,67-68H,9-34,45-48H2,1-8H3;29-34,39-40H,3-28,35-38H2,1-2H3;4-5H,10H2,1-3H3. The van der Waals surface area contributed by atoms with Gasteiger partial charge in [0.15, 0.2) is 0 Å². The summed E-state index contributed by atoms with van der Waals surface area (Å²) in [5.74, 6) is 3.28. The van der Waals surface area contributed by atoms with E-state index >= 15 is 0 Å². The Balaban J connectivity index is 0.000000231. The van der Waals surface area contributed by atoms with Gasteiger partial charge in [0.2, 0.25) is 0 Å². The van der Waals surface area contributed by atoms with Crippen LogP contribution < -0.4 is 16.4 Å². The van der Waals surface area contributed by atoms with Crippen molar-refractivity contribution in [3.8, 4) is 22.3 Å². The predicted octanol–water partition coefficient (Wildman–Crippen LogP) is 40.7. The highest BCUT2D eigenvalue weighted by atomic mass is 79.9. The van der Waals surface area contributed by atoms with Crippen molar-refractivity contribution in [2.75, 3.05) is 16.4 Å². The molecule has 6 aliphatic carbocycles. The largest absolute Gasteiger partial charge is 0.398 e. The molecule has 7 aromatic carbocycles. The van der Waals surface area contributed by atoms with Gasteiger partial charge in [-0.1, -0.05) is 471 Å². The van der Waals surface area contributed by atoms with Crippen molar-refractivity contribution in [1.29, 1.82) is 0 Å². The summed E-state index contributed by atoms with van der Waals surface area (Å²) >= 11 is 7.89. The van der Waals surface area contributed by atoms with Gasteiger partial charge in [0.25, 0.3) is 0 Å². The van der Waals surface area contributed by atoms with Crippen molar-refractivity contribution >= 4 is 60.3 Å². The van der Waals surface area contributed by atoms with E-state index in [9.17, 15) is 0 Å². The molecule has 0 aromatic heterocycles. The lowest BCUT2D eigenvalue weighted by molar-refractivity contribution is 0.299. The molecule has 4 N–H and O–H groups in total. The first-order chi connectivity index (χ1) is 62.2. The molecular weight excluding hydrogens is 1680 g/mol. The van der Waals surface area contributed by atoms with Crippen molar-refractivity contribution in [3.63, 3.8) is 0 Å². The number of unbranched alkanes of at least 4 members (excludes halogenated alkanes) is 44. The van der Waals surface area contributed by atoms with Crippen LogP contribution in [-0.4, -0.2) is 0 Å². The minimum Gasteiger partial charge on any atom is -0.398 e. The fraction of sp³-hybridized carbons (Fsp3) is 0.659. The quantitative estimate of drug-likeness (QED) is 0.0263. The van der Waals surface area contributed by atoms with Crippen LogP contribution >= 0.6 is 31.9 Å². The number of rotatable bonds is 56. The zero-order chi connectivity index (χ0) is 90.7. The van der Waals surface area contributed by atoms with Gasteiger partial charge in [-0.2, -0.15) is 0 Å². The molecule has 4 fully saturated rings. The van der Waals surface area contributed by atoms with E-state index in [1.807, 2.05) is 13.8 Å². The Morgan fingerprint density at radius 3 is 0.648 bits per heavy atom. The van der Waals surface area contributed by atoms with Crippen LogP contribution in [0.25, 0.3) is 22.3 Å². The molecule has 0 unspecified atom stereocenters. The highest BCUT2D eigenvalue weighted by Gasteiger charge is 2.68. The summed E-state index contributed by atoms with van der Waals surface area (Å²) < 4.78 is 2.54. The maximum Gasteiger partial charge on any atom is 0.0443 e. The third kappa shape index (κ3) is 28.1. The van der Waals surface area contributed by atoms with Gasteiger partial charge in [-0.25, -0.2) is 0 Å². The maximum atomic E-state index is 5.75. The molecule has 6 aliphatic rings. The van der Waals surface area contributed by atoms with Crippen LogP contribution in [0, 0.1) is 86.0 Å². The SMILES string of the molecule is CCCCCCCCCCCCCCC1CC23CC(CCCCCCCCCCCCCC)CC2(C1)c1cc(Br)ccc1-c1ccc(Br)cc13.CCCCCCCCCCCCCCC1CC23CC(CCCCCCCCCCCCCC)CC2(C1)c1cc(Nc2c(C)cc(C)cc2C)ccc1-c1ccc(Nc2c(C)cc(C)cc2C)cc13.Cc1cc(C)c(N)c(C)c1. The van der Waals surface area contributed by atoms with Crippen molar-refractivity contribution in [1.82, 2.24) is 0 Å². The average molecular weight is 1870 g/mol. The molecule has 13 rings (SSSR count). The molecule has 5 heteroatoms. The van der Waals surface area contributed by atoms with Crippen molar-refractivity contribution in [2.45, 2.75) is 497 Å². The molecule has 0 atom stereocenters. The number of hydrogen-bond donors (Lipinski definition) is 3. The summed E-state index contributed by atoms with van der Waals surface area (Å²) in [4.78, 5) is 0. The van der Waals surface area contributed by atoms with E-state index in [4.69, 9.17) is 5.73 Å². The maximum absolute atomic E-state index is 5.75. The molecule has 0 bridgehead atoms. The number of hydrogen-bond acceptors (Lipinski definition) is 3. The Morgan fingerprint density at radius 1 is 0.242 bits per heavy atom. The fourth-order valence-corrected chi connectivity index (χ4v) is 27.7. The second-order valence-electron chi connectivity index (χ2n) is 43.6. The van der Waals surface area contributed by atoms with Crippen molar-refractivity contribution < 1.29 is 0 Å². The van der Waals surface area contributed by atoms with Crippen LogP contribution in [0.1, 0.15) is 485 Å². The summed E-state index contributed by atoms with van der Waals surface area (Å²) in [6.45, 7) is 29.0. The number of anilines is 5. The fourth-order valence-electron chi connectivity index (χ4n) is 27.0. The Labute approximate surface area is 803 Å². The van der Waals surface area contributed by atoms with Crippen LogP contribution in [0.3, 0.4) is 0 Å². The van der Waals surface area contributed by atoms with Crippen molar-refractivity contribution in [2.24, 2.45) is 23.7 Å². The molecule has 0 saturated heterocycles. The molecular formula is C123H185Br2N3. The zero-order valence-electron chi connectivity index (χ0n) is 84.5. The first kappa shape index (κ1) is 103. The summed E-state index contributed by atoms with van der Waals surface area (Å²) in [5, 5.41) is 8.03. The van der Waals surface area contributed by atoms with Gasteiger partial charge in [0.05, 0.1) is 0 Å². The van der Waals surface area contributed by atoms with Gasteiger partial charge in [0, 0.05) is 59.0 Å². The Morgan fingerprint density at radius 2 is 0.430 bits per heavy atom. The number of halogens is 2. The highest BCUT2D eigenvalue weighted by Crippen LogP contribution is 2.75. The lowest BCUT2D eigenvalue weighted by atomic mass is 9.55. The van der Waals surface area contributed by atoms with Gasteiger partial charge >= 0.3 is 0 Å². The normalized spacial score (nSPS) is 20.7. The third-order valence-electron chi connectivity index (χ3n) is 33.1. The predicted molar refractivity (Wildman–Crippen MR) is 572 cm³/mol. The Bertz CT molecular complexity index is 4110. The molecule has 0 heterocycles. The molecule has 128 heavy (non-hydrogen) atoms. The third-order valence-corrected chi connectivity index (χ3v) is 34.1. The monoisotopic (exact) mass is 1860 g/mol. The summed E-state index contributed by atoms with van der Waals surface area (Å²) in [6.07, 6.45) is 85.6. The van der Waals surface area contributed by atoms with Crippen LogP contribution in [0.15, 0.2) is 118 Å². The number of fused-ring (bicyclic) bond motifs is 6. The number of nitrogens with one attached hydrogen (secondary N) is 2.